The van der Waals surface area contributed by atoms with Gasteiger partial charge in [0.25, 0.3) is 5.91 Å². The highest BCUT2D eigenvalue weighted by atomic mass is 35.5. The standard InChI is InChI=1S/C30H34Cl2N2O/c1-2-8-21(19-24-20-26(24)25-10-7-11-27(31)29(25)32)9-3-5-18-34-30(35)23-15-13-22(14-16-23)28-12-4-6-17-33-28/h4,6-7,10-17,21,24,26H,2-3,5,8-9,18-20H2,1H3,(H,34,35)/t21?,24-,26-/m1/s1. The molecule has 1 amide bonds. The third kappa shape index (κ3) is 7.08. The fourth-order valence-corrected chi connectivity index (χ4v) is 5.55. The molecule has 3 aromatic rings. The Hall–Kier alpha value is -2.36. The van der Waals surface area contributed by atoms with Crippen molar-refractivity contribution in [2.75, 3.05) is 6.54 Å². The van der Waals surface area contributed by atoms with Crippen LogP contribution in [0.5, 0.6) is 0 Å². The van der Waals surface area contributed by atoms with Gasteiger partial charge >= 0.3 is 0 Å². The van der Waals surface area contributed by atoms with Crippen molar-refractivity contribution in [2.24, 2.45) is 11.8 Å². The van der Waals surface area contributed by atoms with Crippen molar-refractivity contribution in [3.8, 4) is 11.3 Å². The molecule has 35 heavy (non-hydrogen) atoms. The van der Waals surface area contributed by atoms with E-state index in [9.17, 15) is 4.79 Å². The molecule has 4 rings (SSSR count). The van der Waals surface area contributed by atoms with Crippen molar-refractivity contribution < 1.29 is 4.79 Å². The zero-order chi connectivity index (χ0) is 24.6. The highest BCUT2D eigenvalue weighted by Gasteiger charge is 2.40. The summed E-state index contributed by atoms with van der Waals surface area (Å²) < 4.78 is 0. The zero-order valence-corrected chi connectivity index (χ0v) is 21.9. The Kier molecular flexibility index (Phi) is 9.23. The van der Waals surface area contributed by atoms with Crippen LogP contribution in [0.3, 0.4) is 0 Å². The quantitative estimate of drug-likeness (QED) is 0.249. The molecule has 1 unspecified atom stereocenters. The summed E-state index contributed by atoms with van der Waals surface area (Å²) in [6.45, 7) is 2.98. The monoisotopic (exact) mass is 508 g/mol. The summed E-state index contributed by atoms with van der Waals surface area (Å²) in [5.74, 6) is 2.00. The second-order valence-corrected chi connectivity index (χ2v) is 10.5. The number of nitrogens with one attached hydrogen (secondary N) is 1. The Bertz CT molecular complexity index is 1100. The Morgan fingerprint density at radius 2 is 1.86 bits per heavy atom. The van der Waals surface area contributed by atoms with Gasteiger partial charge in [-0.3, -0.25) is 9.78 Å². The lowest BCUT2D eigenvalue weighted by atomic mass is 9.90. The summed E-state index contributed by atoms with van der Waals surface area (Å²) in [4.78, 5) is 16.9. The van der Waals surface area contributed by atoms with Crippen molar-refractivity contribution in [1.29, 1.82) is 0 Å². The van der Waals surface area contributed by atoms with Gasteiger partial charge in [-0.1, -0.05) is 86.1 Å². The number of pyridine rings is 1. The topological polar surface area (TPSA) is 42.0 Å². The minimum atomic E-state index is -0.0121. The van der Waals surface area contributed by atoms with Gasteiger partial charge in [0.15, 0.2) is 0 Å². The molecule has 0 saturated heterocycles. The van der Waals surface area contributed by atoms with Gasteiger partial charge in [-0.05, 0) is 72.9 Å². The number of amides is 1. The highest BCUT2D eigenvalue weighted by Crippen LogP contribution is 2.54. The van der Waals surface area contributed by atoms with E-state index in [1.807, 2.05) is 54.6 Å². The smallest absolute Gasteiger partial charge is 0.251 e. The van der Waals surface area contributed by atoms with E-state index < -0.39 is 0 Å². The van der Waals surface area contributed by atoms with Gasteiger partial charge in [-0.15, -0.1) is 0 Å². The van der Waals surface area contributed by atoms with Crippen molar-refractivity contribution in [2.45, 2.75) is 57.8 Å². The number of carbonyl (C=O) groups excluding carboxylic acids is 1. The fourth-order valence-electron chi connectivity index (χ4n) is 5.10. The first-order chi connectivity index (χ1) is 17.1. The number of rotatable bonds is 12. The zero-order valence-electron chi connectivity index (χ0n) is 20.4. The van der Waals surface area contributed by atoms with Crippen LogP contribution in [0, 0.1) is 11.8 Å². The molecular formula is C30H34Cl2N2O. The average Bonchev–Trinajstić information content (AvgIpc) is 3.64. The van der Waals surface area contributed by atoms with Crippen molar-refractivity contribution in [1.82, 2.24) is 10.3 Å². The lowest BCUT2D eigenvalue weighted by Crippen LogP contribution is -2.24. The minimum absolute atomic E-state index is 0.0121. The second kappa shape index (κ2) is 12.6. The molecule has 1 aromatic heterocycles. The number of hydrogen-bond acceptors (Lipinski definition) is 2. The molecule has 184 valence electrons. The molecule has 3 atom stereocenters. The Morgan fingerprint density at radius 3 is 2.60 bits per heavy atom. The van der Waals surface area contributed by atoms with Crippen molar-refractivity contribution >= 4 is 29.1 Å². The molecule has 1 aliphatic carbocycles. The van der Waals surface area contributed by atoms with Gasteiger partial charge in [0.05, 0.1) is 15.7 Å². The van der Waals surface area contributed by atoms with Gasteiger partial charge in [-0.25, -0.2) is 0 Å². The number of nitrogens with zero attached hydrogens (tertiary/aromatic N) is 1. The van der Waals surface area contributed by atoms with Gasteiger partial charge in [-0.2, -0.15) is 0 Å². The molecule has 1 aliphatic rings. The maximum atomic E-state index is 12.5. The third-order valence-electron chi connectivity index (χ3n) is 7.07. The summed E-state index contributed by atoms with van der Waals surface area (Å²) in [6, 6.07) is 19.5. The van der Waals surface area contributed by atoms with Gasteiger partial charge in [0, 0.05) is 23.9 Å². The summed E-state index contributed by atoms with van der Waals surface area (Å²) in [6.07, 6.45) is 10.1. The number of benzene rings is 2. The molecular weight excluding hydrogens is 475 g/mol. The van der Waals surface area contributed by atoms with Crippen LogP contribution in [0.4, 0.5) is 0 Å². The predicted molar refractivity (Wildman–Crippen MR) is 146 cm³/mol. The lowest BCUT2D eigenvalue weighted by molar-refractivity contribution is 0.0953. The Labute approximate surface area is 219 Å². The van der Waals surface area contributed by atoms with E-state index in [2.05, 4.69) is 23.3 Å². The van der Waals surface area contributed by atoms with E-state index in [4.69, 9.17) is 23.2 Å². The molecule has 0 spiro atoms. The molecule has 0 aliphatic heterocycles. The number of aromatic nitrogens is 1. The largest absolute Gasteiger partial charge is 0.352 e. The first-order valence-electron chi connectivity index (χ1n) is 12.8. The Balaban J connectivity index is 1.17. The van der Waals surface area contributed by atoms with E-state index in [1.54, 1.807) is 6.20 Å². The minimum Gasteiger partial charge on any atom is -0.352 e. The van der Waals surface area contributed by atoms with Crippen molar-refractivity contribution in [3.05, 3.63) is 88.0 Å². The van der Waals surface area contributed by atoms with Crippen LogP contribution < -0.4 is 5.32 Å². The number of hydrogen-bond donors (Lipinski definition) is 1. The van der Waals surface area contributed by atoms with Gasteiger partial charge in [0.2, 0.25) is 0 Å². The molecule has 2 aromatic carbocycles. The molecule has 1 N–H and O–H groups in total. The number of carbonyl (C=O) groups is 1. The van der Waals surface area contributed by atoms with Gasteiger partial charge < -0.3 is 5.32 Å². The fraction of sp³-hybridized carbons (Fsp3) is 0.400. The molecule has 5 heteroatoms. The Morgan fingerprint density at radius 1 is 1.03 bits per heavy atom. The van der Waals surface area contributed by atoms with Gasteiger partial charge in [0.1, 0.15) is 0 Å². The van der Waals surface area contributed by atoms with E-state index in [-0.39, 0.29) is 5.91 Å². The average molecular weight is 510 g/mol. The van der Waals surface area contributed by atoms with E-state index in [0.717, 1.165) is 41.0 Å². The number of unbranched alkanes of at least 4 members (excludes halogenated alkanes) is 1. The molecule has 0 radical (unpaired) electrons. The van der Waals surface area contributed by atoms with E-state index in [0.29, 0.717) is 23.0 Å². The second-order valence-electron chi connectivity index (χ2n) is 9.68. The van der Waals surface area contributed by atoms with Crippen LogP contribution in [0.2, 0.25) is 10.0 Å². The first-order valence-corrected chi connectivity index (χ1v) is 13.6. The van der Waals surface area contributed by atoms with Crippen molar-refractivity contribution in [3.63, 3.8) is 0 Å². The van der Waals surface area contributed by atoms with Crippen LogP contribution >= 0.6 is 23.2 Å². The maximum Gasteiger partial charge on any atom is 0.251 e. The summed E-state index contributed by atoms with van der Waals surface area (Å²) >= 11 is 12.7. The van der Waals surface area contributed by atoms with Crippen LogP contribution in [-0.2, 0) is 0 Å². The first kappa shape index (κ1) is 25.7. The summed E-state index contributed by atoms with van der Waals surface area (Å²) in [7, 11) is 0. The molecule has 1 fully saturated rings. The summed E-state index contributed by atoms with van der Waals surface area (Å²) in [5.41, 5.74) is 3.83. The third-order valence-corrected chi connectivity index (χ3v) is 7.90. The summed E-state index contributed by atoms with van der Waals surface area (Å²) in [5, 5.41) is 4.47. The van der Waals surface area contributed by atoms with E-state index >= 15 is 0 Å². The molecule has 0 bridgehead atoms. The maximum absolute atomic E-state index is 12.5. The van der Waals surface area contributed by atoms with Crippen LogP contribution in [0.25, 0.3) is 11.3 Å². The number of halogens is 2. The van der Waals surface area contributed by atoms with Crippen LogP contribution in [0.1, 0.15) is 73.7 Å². The molecule has 1 heterocycles. The normalized spacial score (nSPS) is 17.7. The highest BCUT2D eigenvalue weighted by molar-refractivity contribution is 6.42. The predicted octanol–water partition coefficient (Wildman–Crippen LogP) is 8.57. The van der Waals surface area contributed by atoms with Crippen LogP contribution in [-0.4, -0.2) is 17.4 Å². The van der Waals surface area contributed by atoms with E-state index in [1.165, 1.54) is 37.7 Å². The van der Waals surface area contributed by atoms with Crippen LogP contribution in [0.15, 0.2) is 66.9 Å². The molecule has 3 nitrogen and oxygen atoms in total. The molecule has 1 saturated carbocycles. The SMILES string of the molecule is CCCC(CCCCNC(=O)c1ccc(-c2ccccn2)cc1)C[C@@H]1C[C@H]1c1cccc(Cl)c1Cl. The lowest BCUT2D eigenvalue weighted by Gasteiger charge is -2.16.